The summed E-state index contributed by atoms with van der Waals surface area (Å²) in [5.41, 5.74) is 9.38. The summed E-state index contributed by atoms with van der Waals surface area (Å²) in [6.07, 6.45) is 3.13. The van der Waals surface area contributed by atoms with Gasteiger partial charge in [-0.15, -0.1) is 0 Å². The number of rotatable bonds is 9. The first-order valence-electron chi connectivity index (χ1n) is 22.4. The number of carbonyl (C=O) groups excluding carboxylic acids is 5. The second-order valence-electron chi connectivity index (χ2n) is 18.6. The number of aromatic hydroxyl groups is 1. The number of phenols is 1. The van der Waals surface area contributed by atoms with Crippen LogP contribution < -0.4 is 10.7 Å². The van der Waals surface area contributed by atoms with Gasteiger partial charge < -0.3 is 34.6 Å². The molecule has 3 aliphatic rings. The first-order valence-corrected chi connectivity index (χ1v) is 22.4. The molecule has 18 heteroatoms. The van der Waals surface area contributed by atoms with Crippen LogP contribution in [0.5, 0.6) is 5.75 Å². The lowest BCUT2D eigenvalue weighted by molar-refractivity contribution is -0.155. The minimum absolute atomic E-state index is 0. The third kappa shape index (κ3) is 12.2. The number of ether oxygens (including phenoxy) is 1. The van der Waals surface area contributed by atoms with Crippen molar-refractivity contribution in [2.75, 3.05) is 33.3 Å². The van der Waals surface area contributed by atoms with E-state index >= 15 is 0 Å². The molecule has 68 heavy (non-hydrogen) atoms. The van der Waals surface area contributed by atoms with Crippen LogP contribution in [0.2, 0.25) is 0 Å². The fraction of sp³-hybridized carbons (Fsp3) is 0.460. The van der Waals surface area contributed by atoms with E-state index in [9.17, 15) is 34.2 Å². The summed E-state index contributed by atoms with van der Waals surface area (Å²) in [5, 5.41) is 27.1. The molecule has 2 saturated heterocycles. The van der Waals surface area contributed by atoms with E-state index in [1.54, 1.807) is 24.1 Å². The predicted octanol–water partition coefficient (Wildman–Crippen LogP) is 5.81. The lowest BCUT2D eigenvalue weighted by Crippen LogP contribution is -2.62. The number of nitrogens with one attached hydrogen (secondary N) is 2. The van der Waals surface area contributed by atoms with Gasteiger partial charge in [-0.05, 0) is 96.7 Å². The SMILES string of the molecule is C=CC(=O)N1CC[C@H](C(=O)N(C)[C@H](C(=O)N[C@H]2Cc3cc(O)cc(c3)-c3ccc4c(c3)c(c(-c3ccccc3CO)n4CC)CC(C)(C)COC(=O)[C@@H]3CCCN(N3)C2=O)C(C)C)C1.S.S.S.S. The van der Waals surface area contributed by atoms with Gasteiger partial charge in [-0.1, -0.05) is 70.7 Å². The average Bonchev–Trinajstić information content (AvgIpc) is 3.89. The number of nitrogens with zero attached hydrogens (tertiary/aromatic N) is 4. The molecule has 7 rings (SSSR count). The molecule has 372 valence electrons. The number of hydrogen-bond donors (Lipinski definition) is 4. The van der Waals surface area contributed by atoms with Crippen LogP contribution >= 0.6 is 54.0 Å². The van der Waals surface area contributed by atoms with E-state index in [-0.39, 0.29) is 110 Å². The zero-order valence-electron chi connectivity index (χ0n) is 39.9. The Morgan fingerprint density at radius 1 is 1.00 bits per heavy atom. The van der Waals surface area contributed by atoms with Crippen molar-refractivity contribution in [2.45, 2.75) is 98.0 Å². The molecule has 0 unspecified atom stereocenters. The number of cyclic esters (lactones) is 1. The number of amides is 4. The Bertz CT molecular complexity index is 2480. The molecule has 6 bridgehead atoms. The number of esters is 1. The number of aliphatic hydroxyl groups excluding tert-OH is 1. The summed E-state index contributed by atoms with van der Waals surface area (Å²) in [7, 11) is 1.58. The van der Waals surface area contributed by atoms with E-state index in [0.717, 1.165) is 38.9 Å². The highest BCUT2D eigenvalue weighted by Gasteiger charge is 2.40. The number of benzene rings is 3. The predicted molar refractivity (Wildman–Crippen MR) is 286 cm³/mol. The van der Waals surface area contributed by atoms with Crippen LogP contribution in [0.3, 0.4) is 0 Å². The third-order valence-corrected chi connectivity index (χ3v) is 13.0. The van der Waals surface area contributed by atoms with Gasteiger partial charge in [0.25, 0.3) is 5.91 Å². The molecule has 4 heterocycles. The number of aromatic nitrogens is 1. The van der Waals surface area contributed by atoms with E-state index in [2.05, 4.69) is 54.8 Å². The molecule has 2 fully saturated rings. The van der Waals surface area contributed by atoms with Gasteiger partial charge >= 0.3 is 5.97 Å². The summed E-state index contributed by atoms with van der Waals surface area (Å²) in [5.74, 6) is -2.89. The Morgan fingerprint density at radius 3 is 2.40 bits per heavy atom. The minimum Gasteiger partial charge on any atom is -0.508 e. The highest BCUT2D eigenvalue weighted by atomic mass is 32.1. The lowest BCUT2D eigenvalue weighted by atomic mass is 9.84. The molecule has 0 radical (unpaired) electrons. The Balaban J connectivity index is 0.00000306. The monoisotopic (exact) mass is 1010 g/mol. The standard InChI is InChI=1S/C50H62N6O8.4H2S/c1-8-43(59)54-20-18-33(27-54)47(61)53(7)44(30(3)4)46(60)51-41-23-31-21-35(24-36(58)22-31)32-16-17-42-38(25-32)39(45(55(42)9-2)37-14-11-10-13-34(37)28-57)26-50(5,6)29-64-49(63)40-15-12-19-56(52-40)48(41)62;;;;/h8,10-11,13-14,16-17,21-22,24-25,30,33,40-41,44,52,57-58H,1,9,12,15,18-20,23,26-29H2,2-7H3,(H,51,60);4*1H2/t33-,40-,41-,44-;;;;/m0..../s1. The van der Waals surface area contributed by atoms with Gasteiger partial charge in [0.15, 0.2) is 0 Å². The smallest absolute Gasteiger partial charge is 0.324 e. The second-order valence-corrected chi connectivity index (χ2v) is 18.6. The molecular weight excluding hydrogens is 941 g/mol. The Hall–Kier alpha value is -4.59. The summed E-state index contributed by atoms with van der Waals surface area (Å²) < 4.78 is 8.32. The highest BCUT2D eigenvalue weighted by molar-refractivity contribution is 7.59. The number of aliphatic hydroxyl groups is 1. The number of hydrogen-bond acceptors (Lipinski definition) is 9. The minimum atomic E-state index is -1.17. The zero-order chi connectivity index (χ0) is 46.0. The maximum absolute atomic E-state index is 14.7. The summed E-state index contributed by atoms with van der Waals surface area (Å²) >= 11 is 0. The van der Waals surface area contributed by atoms with Crippen molar-refractivity contribution in [1.82, 2.24) is 30.1 Å². The highest BCUT2D eigenvalue weighted by Crippen LogP contribution is 2.41. The van der Waals surface area contributed by atoms with Crippen molar-refractivity contribution in [3.8, 4) is 28.1 Å². The molecule has 4 amide bonds. The maximum atomic E-state index is 14.7. The maximum Gasteiger partial charge on any atom is 0.324 e. The van der Waals surface area contributed by atoms with E-state index in [0.29, 0.717) is 49.9 Å². The van der Waals surface area contributed by atoms with Crippen LogP contribution in [0.1, 0.15) is 70.6 Å². The van der Waals surface area contributed by atoms with Crippen LogP contribution in [-0.2, 0) is 54.7 Å². The molecule has 0 aliphatic carbocycles. The molecule has 3 aromatic carbocycles. The van der Waals surface area contributed by atoms with Gasteiger partial charge in [-0.2, -0.15) is 54.0 Å². The van der Waals surface area contributed by atoms with E-state index < -0.39 is 47.2 Å². The van der Waals surface area contributed by atoms with Crippen molar-refractivity contribution < 1.29 is 38.9 Å². The van der Waals surface area contributed by atoms with E-state index in [4.69, 9.17) is 4.74 Å². The van der Waals surface area contributed by atoms with Crippen LogP contribution in [0.4, 0.5) is 0 Å². The lowest BCUT2D eigenvalue weighted by Gasteiger charge is -2.37. The zero-order valence-corrected chi connectivity index (χ0v) is 43.9. The number of likely N-dealkylation sites (tertiary alicyclic amines) is 1. The Morgan fingerprint density at radius 2 is 1.72 bits per heavy atom. The van der Waals surface area contributed by atoms with Gasteiger partial charge in [0.05, 0.1) is 24.8 Å². The van der Waals surface area contributed by atoms with Crippen molar-refractivity contribution >= 4 is 94.5 Å². The van der Waals surface area contributed by atoms with Crippen LogP contribution in [0, 0.1) is 17.3 Å². The molecule has 0 spiro atoms. The number of aryl methyl sites for hydroxylation is 1. The van der Waals surface area contributed by atoms with Gasteiger partial charge in [0, 0.05) is 61.5 Å². The van der Waals surface area contributed by atoms with Crippen LogP contribution in [0.25, 0.3) is 33.3 Å². The number of carbonyl (C=O) groups is 5. The van der Waals surface area contributed by atoms with Crippen molar-refractivity contribution in [3.63, 3.8) is 0 Å². The molecular formula is C50H70N6O8S4. The first-order chi connectivity index (χ1) is 30.5. The second kappa shape index (κ2) is 24.3. The normalized spacial score (nSPS) is 19.5. The molecule has 4 aromatic rings. The summed E-state index contributed by atoms with van der Waals surface area (Å²) in [4.78, 5) is 72.2. The third-order valence-electron chi connectivity index (χ3n) is 13.0. The van der Waals surface area contributed by atoms with Crippen molar-refractivity contribution in [2.24, 2.45) is 17.3 Å². The molecule has 4 N–H and O–H groups in total. The van der Waals surface area contributed by atoms with Gasteiger partial charge in [0.1, 0.15) is 23.9 Å². The molecule has 14 nitrogen and oxygen atoms in total. The molecule has 3 aliphatic heterocycles. The topological polar surface area (TPSA) is 174 Å². The van der Waals surface area contributed by atoms with E-state index in [1.165, 1.54) is 16.0 Å². The molecule has 0 saturated carbocycles. The van der Waals surface area contributed by atoms with Crippen molar-refractivity contribution in [3.05, 3.63) is 90.0 Å². The fourth-order valence-corrected chi connectivity index (χ4v) is 9.80. The quantitative estimate of drug-likeness (QED) is 0.119. The Kier molecular flexibility index (Phi) is 20.6. The largest absolute Gasteiger partial charge is 0.508 e. The average molecular weight is 1010 g/mol. The van der Waals surface area contributed by atoms with Crippen LogP contribution in [-0.4, -0.2) is 111 Å². The Labute approximate surface area is 428 Å². The van der Waals surface area contributed by atoms with Crippen molar-refractivity contribution in [1.29, 1.82) is 0 Å². The van der Waals surface area contributed by atoms with E-state index in [1.807, 2.05) is 50.2 Å². The molecule has 1 aromatic heterocycles. The number of likely N-dealkylation sites (N-methyl/N-ethyl adjacent to an activating group) is 1. The van der Waals surface area contributed by atoms with Gasteiger partial charge in [-0.3, -0.25) is 29.0 Å². The molecule has 4 atom stereocenters. The number of hydrazine groups is 1. The van der Waals surface area contributed by atoms with Gasteiger partial charge in [0.2, 0.25) is 17.7 Å². The first kappa shape index (κ1) is 57.7. The van der Waals surface area contributed by atoms with Crippen LogP contribution in [0.15, 0.2) is 73.3 Å². The summed E-state index contributed by atoms with van der Waals surface area (Å²) in [6, 6.07) is 16.2. The number of phenolic OH excluding ortho intramolecular Hbond substituents is 1. The van der Waals surface area contributed by atoms with Gasteiger partial charge in [-0.25, -0.2) is 5.43 Å². The number of fused-ring (bicyclic) bond motifs is 6. The summed E-state index contributed by atoms with van der Waals surface area (Å²) in [6.45, 7) is 14.9. The fourth-order valence-electron chi connectivity index (χ4n) is 9.80.